The Bertz CT molecular complexity index is 1140. The maximum Gasteiger partial charge on any atom is 0.328 e. The van der Waals surface area contributed by atoms with Crippen molar-refractivity contribution in [1.29, 1.82) is 0 Å². The Morgan fingerprint density at radius 1 is 1.18 bits per heavy atom. The zero-order valence-electron chi connectivity index (χ0n) is 17.3. The normalized spacial score (nSPS) is 15.8. The van der Waals surface area contributed by atoms with E-state index in [1.165, 1.54) is 22.9 Å². The summed E-state index contributed by atoms with van der Waals surface area (Å²) in [5.41, 5.74) is 0.855. The van der Waals surface area contributed by atoms with Gasteiger partial charge in [-0.05, 0) is 30.3 Å². The molecule has 1 atom stereocenters. The van der Waals surface area contributed by atoms with Gasteiger partial charge in [0.15, 0.2) is 0 Å². The van der Waals surface area contributed by atoms with Crippen molar-refractivity contribution in [2.75, 3.05) is 26.3 Å². The van der Waals surface area contributed by atoms with Crippen molar-refractivity contribution in [3.63, 3.8) is 0 Å². The van der Waals surface area contributed by atoms with Crippen molar-refractivity contribution in [2.24, 2.45) is 0 Å². The molecule has 0 spiro atoms. The third kappa shape index (κ3) is 6.57. The van der Waals surface area contributed by atoms with Gasteiger partial charge in [-0.15, -0.1) is 5.10 Å². The van der Waals surface area contributed by atoms with E-state index in [1.807, 2.05) is 0 Å². The third-order valence-electron chi connectivity index (χ3n) is 4.47. The number of halogens is 2. The monoisotopic (exact) mass is 461 g/mol. The lowest BCUT2D eigenvalue weighted by Crippen LogP contribution is -2.41. The van der Waals surface area contributed by atoms with Crippen LogP contribution >= 0.6 is 0 Å². The van der Waals surface area contributed by atoms with Crippen molar-refractivity contribution in [2.45, 2.75) is 6.10 Å². The molecule has 2 heterocycles. The fraction of sp³-hybridized carbons (Fsp3) is 0.227. The number of nitrogens with one attached hydrogen (secondary N) is 1. The first kappa shape index (κ1) is 23.8. The average molecular weight is 461 g/mol. The highest BCUT2D eigenvalue weighted by molar-refractivity contribution is 5.89. The topological polar surface area (TPSA) is 123 Å². The number of fused-ring (bicyclic) bond motifs is 1. The maximum absolute atomic E-state index is 14.2. The summed E-state index contributed by atoms with van der Waals surface area (Å²) in [4.78, 5) is 19.1. The minimum atomic E-state index is -1.26. The van der Waals surface area contributed by atoms with E-state index in [0.29, 0.717) is 36.2 Å². The third-order valence-corrected chi connectivity index (χ3v) is 4.47. The van der Waals surface area contributed by atoms with E-state index in [9.17, 15) is 18.4 Å². The van der Waals surface area contributed by atoms with Gasteiger partial charge in [0.1, 0.15) is 30.0 Å². The number of para-hydroxylation sites is 1. The van der Waals surface area contributed by atoms with Gasteiger partial charge in [-0.3, -0.25) is 0 Å². The summed E-state index contributed by atoms with van der Waals surface area (Å²) < 4.78 is 40.7. The van der Waals surface area contributed by atoms with E-state index >= 15 is 0 Å². The number of carboxylic acids is 2. The molecule has 0 bridgehead atoms. The molecule has 1 aliphatic rings. The number of aromatic nitrogens is 2. The molecule has 9 nitrogen and oxygen atoms in total. The summed E-state index contributed by atoms with van der Waals surface area (Å²) in [5, 5.41) is 23.7. The van der Waals surface area contributed by atoms with Crippen molar-refractivity contribution in [3.8, 4) is 11.6 Å². The van der Waals surface area contributed by atoms with E-state index in [-0.39, 0.29) is 24.3 Å². The van der Waals surface area contributed by atoms with Gasteiger partial charge < -0.3 is 25.0 Å². The van der Waals surface area contributed by atoms with Gasteiger partial charge in [0.2, 0.25) is 5.88 Å². The quantitative estimate of drug-likeness (QED) is 0.479. The van der Waals surface area contributed by atoms with Gasteiger partial charge in [-0.2, -0.15) is 0 Å². The number of aliphatic carboxylic acids is 2. The Kier molecular flexibility index (Phi) is 8.06. The molecule has 2 aromatic carbocycles. The SMILES string of the molecule is Fc1ccc2c(c1)c(OC[C@@H]1CNCCO1)nn2-c1ccccc1F.O=C(O)/C=C\C(=O)O. The molecule has 1 fully saturated rings. The highest BCUT2D eigenvalue weighted by atomic mass is 19.1. The van der Waals surface area contributed by atoms with E-state index in [0.717, 1.165) is 6.54 Å². The van der Waals surface area contributed by atoms with Crippen LogP contribution in [0.2, 0.25) is 0 Å². The number of nitrogens with zero attached hydrogens (tertiary/aromatic N) is 2. The second kappa shape index (κ2) is 11.2. The maximum atomic E-state index is 14.2. The van der Waals surface area contributed by atoms with Gasteiger partial charge in [0, 0.05) is 25.2 Å². The van der Waals surface area contributed by atoms with Crippen LogP contribution in [-0.2, 0) is 14.3 Å². The van der Waals surface area contributed by atoms with Crippen LogP contribution in [0.5, 0.6) is 5.88 Å². The van der Waals surface area contributed by atoms with Gasteiger partial charge in [0.25, 0.3) is 0 Å². The molecule has 0 unspecified atom stereocenters. The molecule has 4 rings (SSSR count). The molecule has 0 amide bonds. The van der Waals surface area contributed by atoms with E-state index in [2.05, 4.69) is 10.4 Å². The number of carbonyl (C=O) groups is 2. The smallest absolute Gasteiger partial charge is 0.328 e. The Balaban J connectivity index is 0.000000331. The Hall–Kier alpha value is -3.83. The van der Waals surface area contributed by atoms with Crippen LogP contribution in [-0.4, -0.2) is 64.3 Å². The zero-order chi connectivity index (χ0) is 23.8. The fourth-order valence-corrected chi connectivity index (χ4v) is 3.02. The molecule has 33 heavy (non-hydrogen) atoms. The van der Waals surface area contributed by atoms with Crippen LogP contribution in [0, 0.1) is 11.6 Å². The van der Waals surface area contributed by atoms with Gasteiger partial charge >= 0.3 is 11.9 Å². The highest BCUT2D eigenvalue weighted by Gasteiger charge is 2.19. The zero-order valence-corrected chi connectivity index (χ0v) is 17.3. The van der Waals surface area contributed by atoms with E-state index in [4.69, 9.17) is 19.7 Å². The molecule has 0 aliphatic carbocycles. The second-order valence-electron chi connectivity index (χ2n) is 6.85. The average Bonchev–Trinajstić information content (AvgIpc) is 3.15. The minimum Gasteiger partial charge on any atom is -0.478 e. The molecule has 1 saturated heterocycles. The standard InChI is InChI=1S/C18H17F2N3O2.C4H4O4/c19-12-5-6-16-14(9-12)18(25-11-13-10-21-7-8-24-13)22-23(16)17-4-2-1-3-15(17)20;5-3(6)1-2-4(7)8/h1-6,9,13,21H,7-8,10-11H2;1-2H,(H,5,6)(H,7,8)/b;2-1-/t13-;/m0./s1. The van der Waals surface area contributed by atoms with Crippen LogP contribution in [0.3, 0.4) is 0 Å². The first-order valence-electron chi connectivity index (χ1n) is 9.87. The molecular weight excluding hydrogens is 440 g/mol. The van der Waals surface area contributed by atoms with Gasteiger partial charge in [-0.1, -0.05) is 12.1 Å². The van der Waals surface area contributed by atoms with E-state index in [1.54, 1.807) is 24.3 Å². The Labute approximate surface area is 186 Å². The summed E-state index contributed by atoms with van der Waals surface area (Å²) in [7, 11) is 0. The molecule has 0 radical (unpaired) electrons. The molecule has 0 saturated carbocycles. The summed E-state index contributed by atoms with van der Waals surface area (Å²) in [5.74, 6) is -3.07. The number of morpholine rings is 1. The highest BCUT2D eigenvalue weighted by Crippen LogP contribution is 2.29. The lowest BCUT2D eigenvalue weighted by molar-refractivity contribution is -0.134. The predicted octanol–water partition coefficient (Wildman–Crippen LogP) is 2.38. The Morgan fingerprint density at radius 2 is 1.91 bits per heavy atom. The molecule has 1 aliphatic heterocycles. The second-order valence-corrected chi connectivity index (χ2v) is 6.85. The summed E-state index contributed by atoms with van der Waals surface area (Å²) in [6, 6.07) is 10.5. The number of hydrogen-bond acceptors (Lipinski definition) is 6. The van der Waals surface area contributed by atoms with Crippen LogP contribution in [0.1, 0.15) is 0 Å². The van der Waals surface area contributed by atoms with Crippen molar-refractivity contribution >= 4 is 22.8 Å². The van der Waals surface area contributed by atoms with Gasteiger partial charge in [-0.25, -0.2) is 23.1 Å². The molecule has 174 valence electrons. The van der Waals surface area contributed by atoms with Crippen LogP contribution < -0.4 is 10.1 Å². The summed E-state index contributed by atoms with van der Waals surface area (Å²) >= 11 is 0. The van der Waals surface area contributed by atoms with E-state index < -0.39 is 23.6 Å². The van der Waals surface area contributed by atoms with Crippen molar-refractivity contribution in [1.82, 2.24) is 15.1 Å². The molecule has 11 heteroatoms. The molecule has 1 aromatic heterocycles. The largest absolute Gasteiger partial charge is 0.478 e. The van der Waals surface area contributed by atoms with Crippen LogP contribution in [0.25, 0.3) is 16.6 Å². The van der Waals surface area contributed by atoms with Crippen molar-refractivity contribution < 1.29 is 38.1 Å². The van der Waals surface area contributed by atoms with Gasteiger partial charge in [0.05, 0.1) is 17.5 Å². The fourth-order valence-electron chi connectivity index (χ4n) is 3.02. The number of benzene rings is 2. The minimum absolute atomic E-state index is 0.101. The van der Waals surface area contributed by atoms with Crippen LogP contribution in [0.4, 0.5) is 8.78 Å². The lowest BCUT2D eigenvalue weighted by atomic mass is 10.2. The number of hydrogen-bond donors (Lipinski definition) is 3. The molecule has 3 N–H and O–H groups in total. The molecular formula is C22H21F2N3O6. The summed E-state index contributed by atoms with van der Waals surface area (Å²) in [6.07, 6.45) is 1.01. The Morgan fingerprint density at radius 3 is 2.55 bits per heavy atom. The first-order chi connectivity index (χ1) is 15.8. The lowest BCUT2D eigenvalue weighted by Gasteiger charge is -2.23. The predicted molar refractivity (Wildman–Crippen MR) is 114 cm³/mol. The first-order valence-corrected chi connectivity index (χ1v) is 9.87. The van der Waals surface area contributed by atoms with Crippen molar-refractivity contribution in [3.05, 3.63) is 66.3 Å². The summed E-state index contributed by atoms with van der Waals surface area (Å²) in [6.45, 7) is 2.40. The number of carboxylic acid groups (broad SMARTS) is 2. The number of rotatable bonds is 6. The van der Waals surface area contributed by atoms with Crippen LogP contribution in [0.15, 0.2) is 54.6 Å². The number of ether oxygens (including phenoxy) is 2. The molecule has 3 aromatic rings.